The molecule has 1 saturated carbocycles. The van der Waals surface area contributed by atoms with Gasteiger partial charge in [-0.25, -0.2) is 0 Å². The van der Waals surface area contributed by atoms with E-state index in [0.29, 0.717) is 0 Å². The number of nitrogens with two attached hydrogens (primary N) is 1. The Labute approximate surface area is 110 Å². The highest BCUT2D eigenvalue weighted by atomic mass is 32.2. The fourth-order valence-electron chi connectivity index (χ4n) is 2.94. The molecule has 3 N–H and O–H groups in total. The van der Waals surface area contributed by atoms with Crippen LogP contribution in [-0.4, -0.2) is 44.6 Å². The molecule has 1 heterocycles. The van der Waals surface area contributed by atoms with E-state index in [4.69, 9.17) is 5.73 Å². The van der Waals surface area contributed by atoms with E-state index in [1.807, 2.05) is 0 Å². The molecule has 112 valence electrons. The summed E-state index contributed by atoms with van der Waals surface area (Å²) in [6, 6.07) is -0.0541. The first-order valence-electron chi connectivity index (χ1n) is 6.26. The van der Waals surface area contributed by atoms with Gasteiger partial charge in [-0.05, 0) is 24.7 Å². The molecule has 3 unspecified atom stereocenters. The minimum atomic E-state index is -4.55. The van der Waals surface area contributed by atoms with Gasteiger partial charge in [0.15, 0.2) is 0 Å². The summed E-state index contributed by atoms with van der Waals surface area (Å²) in [4.78, 5) is 0. The Morgan fingerprint density at radius 1 is 1.26 bits per heavy atom. The monoisotopic (exact) mass is 301 g/mol. The van der Waals surface area contributed by atoms with Crippen LogP contribution in [0.2, 0.25) is 0 Å². The standard InChI is InChI=1S/C10H18F3N3O2S/c11-10(12,13)6-15-19(17,18)16-4-7-2-1-3-9(14)8(7)5-16/h7-9,15H,1-6,14H2. The maximum absolute atomic E-state index is 12.1. The van der Waals surface area contributed by atoms with Crippen LogP contribution in [0.15, 0.2) is 0 Å². The molecule has 0 radical (unpaired) electrons. The van der Waals surface area contributed by atoms with Gasteiger partial charge in [-0.15, -0.1) is 0 Å². The van der Waals surface area contributed by atoms with Gasteiger partial charge in [0.05, 0.1) is 0 Å². The van der Waals surface area contributed by atoms with Crippen LogP contribution in [0.1, 0.15) is 19.3 Å². The zero-order chi connectivity index (χ0) is 14.3. The van der Waals surface area contributed by atoms with E-state index in [2.05, 4.69) is 0 Å². The summed E-state index contributed by atoms with van der Waals surface area (Å²) in [5, 5.41) is 0. The van der Waals surface area contributed by atoms with Crippen molar-refractivity contribution in [2.45, 2.75) is 31.5 Å². The van der Waals surface area contributed by atoms with Gasteiger partial charge in [0.2, 0.25) is 0 Å². The molecule has 19 heavy (non-hydrogen) atoms. The van der Waals surface area contributed by atoms with Gasteiger partial charge in [0.25, 0.3) is 10.2 Å². The molecule has 5 nitrogen and oxygen atoms in total. The van der Waals surface area contributed by atoms with Crippen molar-refractivity contribution in [2.24, 2.45) is 17.6 Å². The molecule has 0 aromatic carbocycles. The molecule has 1 aliphatic carbocycles. The molecule has 1 saturated heterocycles. The second kappa shape index (κ2) is 5.19. The van der Waals surface area contributed by atoms with Crippen LogP contribution < -0.4 is 10.5 Å². The minimum absolute atomic E-state index is 0.0541. The summed E-state index contributed by atoms with van der Waals surface area (Å²) in [5.41, 5.74) is 5.95. The van der Waals surface area contributed by atoms with E-state index in [1.54, 1.807) is 4.72 Å². The van der Waals surface area contributed by atoms with Gasteiger partial charge < -0.3 is 5.73 Å². The average molecular weight is 301 g/mol. The lowest BCUT2D eigenvalue weighted by Gasteiger charge is -2.29. The van der Waals surface area contributed by atoms with Crippen molar-refractivity contribution in [3.05, 3.63) is 0 Å². The van der Waals surface area contributed by atoms with Crippen LogP contribution in [0.4, 0.5) is 13.2 Å². The number of alkyl halides is 3. The first-order valence-corrected chi connectivity index (χ1v) is 7.70. The van der Waals surface area contributed by atoms with Crippen molar-refractivity contribution in [1.82, 2.24) is 9.03 Å². The van der Waals surface area contributed by atoms with Crippen LogP contribution in [0.5, 0.6) is 0 Å². The SMILES string of the molecule is NC1CCCC2CN(S(=O)(=O)NCC(F)(F)F)CC12. The third kappa shape index (κ3) is 3.59. The molecule has 2 rings (SSSR count). The maximum atomic E-state index is 12.1. The van der Waals surface area contributed by atoms with E-state index in [9.17, 15) is 21.6 Å². The van der Waals surface area contributed by atoms with Gasteiger partial charge in [0, 0.05) is 19.1 Å². The summed E-state index contributed by atoms with van der Waals surface area (Å²) < 4.78 is 62.5. The lowest BCUT2D eigenvalue weighted by molar-refractivity contribution is -0.121. The third-order valence-electron chi connectivity index (χ3n) is 3.92. The zero-order valence-corrected chi connectivity index (χ0v) is 11.2. The highest BCUT2D eigenvalue weighted by Crippen LogP contribution is 2.36. The topological polar surface area (TPSA) is 75.4 Å². The van der Waals surface area contributed by atoms with Gasteiger partial charge in [-0.1, -0.05) is 6.42 Å². The molecular formula is C10H18F3N3O2S. The van der Waals surface area contributed by atoms with Crippen molar-refractivity contribution < 1.29 is 21.6 Å². The van der Waals surface area contributed by atoms with Crippen LogP contribution in [0, 0.1) is 11.8 Å². The molecule has 0 amide bonds. The second-order valence-electron chi connectivity index (χ2n) is 5.28. The molecule has 0 bridgehead atoms. The number of hydrogen-bond donors (Lipinski definition) is 2. The van der Waals surface area contributed by atoms with E-state index in [1.165, 1.54) is 0 Å². The lowest BCUT2D eigenvalue weighted by Crippen LogP contribution is -2.44. The number of rotatable bonds is 3. The Morgan fingerprint density at radius 3 is 2.53 bits per heavy atom. The lowest BCUT2D eigenvalue weighted by atomic mass is 9.78. The summed E-state index contributed by atoms with van der Waals surface area (Å²) in [6.45, 7) is -1.04. The summed E-state index contributed by atoms with van der Waals surface area (Å²) in [5.74, 6) is 0.238. The number of halogens is 3. The highest BCUT2D eigenvalue weighted by Gasteiger charge is 2.43. The number of fused-ring (bicyclic) bond motifs is 1. The maximum Gasteiger partial charge on any atom is 0.402 e. The number of hydrogen-bond acceptors (Lipinski definition) is 3. The Hall–Kier alpha value is -0.380. The first kappa shape index (κ1) is 15.0. The van der Waals surface area contributed by atoms with Gasteiger partial charge in [-0.2, -0.15) is 30.6 Å². The van der Waals surface area contributed by atoms with E-state index >= 15 is 0 Å². The second-order valence-corrected chi connectivity index (χ2v) is 7.03. The molecule has 1 aliphatic heterocycles. The summed E-state index contributed by atoms with van der Waals surface area (Å²) in [6.07, 6.45) is -1.85. The third-order valence-corrected chi connectivity index (χ3v) is 5.40. The number of nitrogens with one attached hydrogen (secondary N) is 1. The predicted octanol–water partition coefficient (Wildman–Crippen LogP) is 0.442. The molecule has 2 fully saturated rings. The first-order chi connectivity index (χ1) is 8.69. The summed E-state index contributed by atoms with van der Waals surface area (Å²) in [7, 11) is -4.07. The van der Waals surface area contributed by atoms with Gasteiger partial charge in [-0.3, -0.25) is 0 Å². The van der Waals surface area contributed by atoms with Crippen molar-refractivity contribution in [3.63, 3.8) is 0 Å². The van der Waals surface area contributed by atoms with Gasteiger partial charge in [0.1, 0.15) is 6.54 Å². The van der Waals surface area contributed by atoms with Crippen LogP contribution in [-0.2, 0) is 10.2 Å². The molecule has 3 atom stereocenters. The average Bonchev–Trinajstić information content (AvgIpc) is 2.72. The highest BCUT2D eigenvalue weighted by molar-refractivity contribution is 7.87. The van der Waals surface area contributed by atoms with Crippen molar-refractivity contribution >= 4 is 10.2 Å². The van der Waals surface area contributed by atoms with Crippen LogP contribution in [0.25, 0.3) is 0 Å². The van der Waals surface area contributed by atoms with E-state index in [0.717, 1.165) is 23.6 Å². The number of nitrogens with zero attached hydrogens (tertiary/aromatic N) is 1. The molecule has 0 spiro atoms. The quantitative estimate of drug-likeness (QED) is 0.794. The van der Waals surface area contributed by atoms with E-state index in [-0.39, 0.29) is 31.0 Å². The van der Waals surface area contributed by atoms with Crippen molar-refractivity contribution in [2.75, 3.05) is 19.6 Å². The Balaban J connectivity index is 1.99. The Kier molecular flexibility index (Phi) is 4.10. The Bertz CT molecular complexity index is 426. The Morgan fingerprint density at radius 2 is 1.95 bits per heavy atom. The van der Waals surface area contributed by atoms with E-state index < -0.39 is 22.9 Å². The fraction of sp³-hybridized carbons (Fsp3) is 1.00. The van der Waals surface area contributed by atoms with Crippen LogP contribution in [0.3, 0.4) is 0 Å². The molecule has 0 aromatic heterocycles. The van der Waals surface area contributed by atoms with Crippen molar-refractivity contribution in [1.29, 1.82) is 0 Å². The predicted molar refractivity (Wildman–Crippen MR) is 63.4 cm³/mol. The molecule has 2 aliphatic rings. The van der Waals surface area contributed by atoms with Gasteiger partial charge >= 0.3 is 6.18 Å². The largest absolute Gasteiger partial charge is 0.402 e. The molecule has 0 aromatic rings. The molecular weight excluding hydrogens is 283 g/mol. The van der Waals surface area contributed by atoms with Crippen molar-refractivity contribution in [3.8, 4) is 0 Å². The smallest absolute Gasteiger partial charge is 0.327 e. The fourth-order valence-corrected chi connectivity index (χ4v) is 4.22. The zero-order valence-electron chi connectivity index (χ0n) is 10.4. The minimum Gasteiger partial charge on any atom is -0.327 e. The van der Waals surface area contributed by atoms with Crippen LogP contribution >= 0.6 is 0 Å². The normalized spacial score (nSPS) is 33.4. The summed E-state index contributed by atoms with van der Waals surface area (Å²) >= 11 is 0. The molecule has 9 heteroatoms.